The molecule has 6 nitrogen and oxygen atoms in total. The number of thiazole rings is 1. The number of fused-ring (bicyclic) bond motifs is 1. The van der Waals surface area contributed by atoms with E-state index in [1.54, 1.807) is 36.6 Å². The first kappa shape index (κ1) is 28.4. The van der Waals surface area contributed by atoms with Crippen LogP contribution in [0.4, 0.5) is 0 Å². The van der Waals surface area contributed by atoms with Crippen molar-refractivity contribution in [3.63, 3.8) is 0 Å². The van der Waals surface area contributed by atoms with Gasteiger partial charge in [-0.15, -0.1) is 0 Å². The average molecular weight is 658 g/mol. The summed E-state index contributed by atoms with van der Waals surface area (Å²) in [6.07, 6.45) is 1.81. The maximum atomic E-state index is 13.8. The summed E-state index contributed by atoms with van der Waals surface area (Å²) in [4.78, 5) is 31.9. The minimum Gasteiger partial charge on any atom is -0.488 e. The van der Waals surface area contributed by atoms with Gasteiger partial charge in [0.2, 0.25) is 0 Å². The first-order valence-electron chi connectivity index (χ1n) is 12.4. The second-order valence-electron chi connectivity index (χ2n) is 8.93. The Balaban J connectivity index is 1.50. The maximum absolute atomic E-state index is 13.8. The van der Waals surface area contributed by atoms with Crippen LogP contribution in [0.25, 0.3) is 6.08 Å². The van der Waals surface area contributed by atoms with E-state index >= 15 is 0 Å². The Morgan fingerprint density at radius 2 is 1.90 bits per heavy atom. The molecule has 3 aromatic carbocycles. The van der Waals surface area contributed by atoms with Gasteiger partial charge >= 0.3 is 5.97 Å². The molecule has 10 heteroatoms. The molecule has 40 heavy (non-hydrogen) atoms. The summed E-state index contributed by atoms with van der Waals surface area (Å²) >= 11 is 17.1. The number of carbonyl (C=O) groups excluding carboxylic acids is 1. The highest BCUT2D eigenvalue weighted by atomic mass is 79.9. The minimum atomic E-state index is -0.638. The third kappa shape index (κ3) is 5.81. The third-order valence-corrected chi connectivity index (χ3v) is 8.47. The zero-order valence-electron chi connectivity index (χ0n) is 21.5. The molecule has 0 N–H and O–H groups in total. The largest absolute Gasteiger partial charge is 0.488 e. The highest BCUT2D eigenvalue weighted by molar-refractivity contribution is 9.10. The molecule has 0 radical (unpaired) electrons. The van der Waals surface area contributed by atoms with E-state index in [4.69, 9.17) is 32.7 Å². The Morgan fingerprint density at radius 1 is 1.12 bits per heavy atom. The molecule has 0 unspecified atom stereocenters. The van der Waals surface area contributed by atoms with Crippen molar-refractivity contribution in [2.75, 3.05) is 6.61 Å². The van der Waals surface area contributed by atoms with Crippen molar-refractivity contribution in [1.29, 1.82) is 0 Å². The van der Waals surface area contributed by atoms with Crippen molar-refractivity contribution in [3.8, 4) is 5.75 Å². The molecule has 0 fully saturated rings. The quantitative estimate of drug-likeness (QED) is 0.214. The van der Waals surface area contributed by atoms with Gasteiger partial charge in [-0.25, -0.2) is 9.79 Å². The van der Waals surface area contributed by atoms with Crippen molar-refractivity contribution in [1.82, 2.24) is 4.57 Å². The molecular weight excluding hydrogens is 635 g/mol. The Morgan fingerprint density at radius 3 is 2.60 bits per heavy atom. The van der Waals surface area contributed by atoms with E-state index < -0.39 is 12.0 Å². The molecule has 2 heterocycles. The molecule has 0 aliphatic carbocycles. The summed E-state index contributed by atoms with van der Waals surface area (Å²) in [7, 11) is 0. The molecular formula is C30H23BrCl2N2O4S. The van der Waals surface area contributed by atoms with Crippen LogP contribution in [0.3, 0.4) is 0 Å². The number of aromatic nitrogens is 1. The lowest BCUT2D eigenvalue weighted by molar-refractivity contribution is -0.139. The number of hydrogen-bond acceptors (Lipinski definition) is 6. The topological polar surface area (TPSA) is 69.9 Å². The van der Waals surface area contributed by atoms with E-state index in [0.29, 0.717) is 36.4 Å². The summed E-state index contributed by atoms with van der Waals surface area (Å²) in [5.41, 5.74) is 3.07. The number of carbonyl (C=O) groups is 1. The average Bonchev–Trinajstić information content (AvgIpc) is 3.23. The van der Waals surface area contributed by atoms with E-state index in [0.717, 1.165) is 21.2 Å². The SMILES string of the molecule is CCOC(=O)C1=C(C)N=c2s/c(=C\c3ccc(OCc4ccc(Cl)cc4Cl)c(Br)c3)c(=O)n2[C@@H]1c1ccccc1. The summed E-state index contributed by atoms with van der Waals surface area (Å²) in [5.74, 6) is 0.148. The normalized spacial score (nSPS) is 15.0. The molecule has 5 rings (SSSR count). The molecule has 0 amide bonds. The summed E-state index contributed by atoms with van der Waals surface area (Å²) in [6.45, 7) is 4.02. The molecule has 4 aromatic rings. The fourth-order valence-corrected chi connectivity index (χ4v) is 6.43. The lowest BCUT2D eigenvalue weighted by Gasteiger charge is -2.24. The molecule has 0 bridgehead atoms. The van der Waals surface area contributed by atoms with Crippen molar-refractivity contribution >= 4 is 62.5 Å². The van der Waals surface area contributed by atoms with Gasteiger partial charge in [-0.2, -0.15) is 0 Å². The second-order valence-corrected chi connectivity index (χ2v) is 11.6. The van der Waals surface area contributed by atoms with E-state index in [-0.39, 0.29) is 18.8 Å². The van der Waals surface area contributed by atoms with Crippen LogP contribution >= 0.6 is 50.5 Å². The molecule has 1 aliphatic heterocycles. The predicted octanol–water partition coefficient (Wildman–Crippen LogP) is 6.45. The van der Waals surface area contributed by atoms with Gasteiger partial charge in [0.1, 0.15) is 12.4 Å². The summed E-state index contributed by atoms with van der Waals surface area (Å²) in [5, 5.41) is 1.10. The van der Waals surface area contributed by atoms with Gasteiger partial charge in [-0.3, -0.25) is 9.36 Å². The molecule has 1 aromatic heterocycles. The van der Waals surface area contributed by atoms with Gasteiger partial charge in [-0.05, 0) is 71.2 Å². The van der Waals surface area contributed by atoms with Crippen molar-refractivity contribution in [3.05, 3.63) is 129 Å². The van der Waals surface area contributed by atoms with Gasteiger partial charge in [0.15, 0.2) is 4.80 Å². The maximum Gasteiger partial charge on any atom is 0.338 e. The Bertz CT molecular complexity index is 1820. The molecule has 1 atom stereocenters. The first-order valence-corrected chi connectivity index (χ1v) is 14.7. The number of esters is 1. The minimum absolute atomic E-state index is 0.225. The van der Waals surface area contributed by atoms with Crippen molar-refractivity contribution in [2.24, 2.45) is 4.99 Å². The molecule has 0 saturated carbocycles. The Kier molecular flexibility index (Phi) is 8.61. The highest BCUT2D eigenvalue weighted by Gasteiger charge is 2.33. The van der Waals surface area contributed by atoms with Crippen molar-refractivity contribution < 1.29 is 14.3 Å². The number of halogens is 3. The van der Waals surface area contributed by atoms with Gasteiger partial charge in [-0.1, -0.05) is 77.0 Å². The smallest absolute Gasteiger partial charge is 0.338 e. The second kappa shape index (κ2) is 12.1. The number of rotatable bonds is 7. The number of benzene rings is 3. The van der Waals surface area contributed by atoms with E-state index in [1.165, 1.54) is 11.3 Å². The van der Waals surface area contributed by atoms with Crippen LogP contribution in [0.5, 0.6) is 5.75 Å². The van der Waals surface area contributed by atoms with Crippen LogP contribution in [-0.4, -0.2) is 17.1 Å². The summed E-state index contributed by atoms with van der Waals surface area (Å²) < 4.78 is 14.1. The van der Waals surface area contributed by atoms with Crippen LogP contribution < -0.4 is 19.6 Å². The van der Waals surface area contributed by atoms with Gasteiger partial charge in [0.05, 0.1) is 32.9 Å². The molecule has 0 spiro atoms. The standard InChI is InChI=1S/C30H23BrCl2N2O4S/c1-3-38-29(37)26-17(2)34-30-35(27(26)19-7-5-4-6-8-19)28(36)25(40-30)14-18-9-12-24(22(31)13-18)39-16-20-10-11-21(32)15-23(20)33/h4-15,27H,3,16H2,1-2H3/b25-14-/t27-/m1/s1. The highest BCUT2D eigenvalue weighted by Crippen LogP contribution is 2.31. The van der Waals surface area contributed by atoms with Gasteiger partial charge in [0, 0.05) is 15.6 Å². The number of allylic oxidation sites excluding steroid dienone is 1. The van der Waals surface area contributed by atoms with Gasteiger partial charge in [0.25, 0.3) is 5.56 Å². The Hall–Kier alpha value is -3.17. The van der Waals surface area contributed by atoms with Crippen LogP contribution in [0.15, 0.2) is 92.3 Å². The van der Waals surface area contributed by atoms with Gasteiger partial charge < -0.3 is 9.47 Å². The van der Waals surface area contributed by atoms with Crippen LogP contribution in [0, 0.1) is 0 Å². The van der Waals surface area contributed by atoms with E-state index in [2.05, 4.69) is 20.9 Å². The van der Waals surface area contributed by atoms with E-state index in [9.17, 15) is 9.59 Å². The number of hydrogen-bond donors (Lipinski definition) is 0. The van der Waals surface area contributed by atoms with Crippen LogP contribution in [0.2, 0.25) is 10.0 Å². The fraction of sp³-hybridized carbons (Fsp3) is 0.167. The fourth-order valence-electron chi connectivity index (χ4n) is 4.41. The lowest BCUT2D eigenvalue weighted by atomic mass is 9.96. The number of ether oxygens (including phenoxy) is 2. The molecule has 204 valence electrons. The molecule has 1 aliphatic rings. The lowest BCUT2D eigenvalue weighted by Crippen LogP contribution is -2.39. The number of nitrogens with zero attached hydrogens (tertiary/aromatic N) is 2. The summed E-state index contributed by atoms with van der Waals surface area (Å²) in [6, 6.07) is 19.6. The zero-order chi connectivity index (χ0) is 28.4. The van der Waals surface area contributed by atoms with E-state index in [1.807, 2.05) is 54.6 Å². The molecule has 0 saturated heterocycles. The first-order chi connectivity index (χ1) is 19.3. The Labute approximate surface area is 252 Å². The van der Waals surface area contributed by atoms with Crippen LogP contribution in [-0.2, 0) is 16.1 Å². The predicted molar refractivity (Wildman–Crippen MR) is 162 cm³/mol. The monoisotopic (exact) mass is 656 g/mol. The third-order valence-electron chi connectivity index (χ3n) is 6.28. The van der Waals surface area contributed by atoms with Crippen molar-refractivity contribution in [2.45, 2.75) is 26.5 Å². The zero-order valence-corrected chi connectivity index (χ0v) is 25.4. The van der Waals surface area contributed by atoms with Crippen LogP contribution in [0.1, 0.15) is 36.6 Å².